The van der Waals surface area contributed by atoms with E-state index in [9.17, 15) is 5.26 Å². The van der Waals surface area contributed by atoms with E-state index in [1.54, 1.807) is 11.7 Å². The van der Waals surface area contributed by atoms with Crippen LogP contribution in [0.3, 0.4) is 0 Å². The number of nitrogens with one attached hydrogen (secondary N) is 2. The van der Waals surface area contributed by atoms with Crippen molar-refractivity contribution in [3.8, 4) is 11.8 Å². The molecule has 0 saturated heterocycles. The third-order valence-electron chi connectivity index (χ3n) is 5.30. The van der Waals surface area contributed by atoms with E-state index in [1.807, 2.05) is 36.4 Å². The number of hydrogen-bond acceptors (Lipinski definition) is 4. The molecular weight excluding hydrogens is 525 g/mol. The van der Waals surface area contributed by atoms with Crippen molar-refractivity contribution in [2.24, 2.45) is 4.99 Å². The number of halogens is 1. The van der Waals surface area contributed by atoms with Gasteiger partial charge < -0.3 is 16.4 Å². The molecule has 0 amide bonds. The second-order valence-corrected chi connectivity index (χ2v) is 7.74. The van der Waals surface area contributed by atoms with Crippen LogP contribution in [0.4, 0.5) is 5.82 Å². The Morgan fingerprint density at radius 3 is 2.42 bits per heavy atom. The third-order valence-corrected chi connectivity index (χ3v) is 5.30. The minimum atomic E-state index is 0. The number of benzene rings is 2. The number of rotatable bonds is 9. The van der Waals surface area contributed by atoms with Crippen LogP contribution in [0.15, 0.2) is 65.7 Å². The van der Waals surface area contributed by atoms with E-state index in [2.05, 4.69) is 58.0 Å². The van der Waals surface area contributed by atoms with Crippen LogP contribution in [0.25, 0.3) is 5.69 Å². The molecule has 0 fully saturated rings. The van der Waals surface area contributed by atoms with E-state index in [4.69, 9.17) is 5.73 Å². The fraction of sp³-hybridized carbons (Fsp3) is 0.320. The largest absolute Gasteiger partial charge is 0.382 e. The van der Waals surface area contributed by atoms with Crippen molar-refractivity contribution in [2.45, 2.75) is 38.6 Å². The zero-order valence-electron chi connectivity index (χ0n) is 19.2. The van der Waals surface area contributed by atoms with Gasteiger partial charge in [-0.2, -0.15) is 10.4 Å². The monoisotopic (exact) mass is 557 g/mol. The van der Waals surface area contributed by atoms with Crippen molar-refractivity contribution in [3.63, 3.8) is 0 Å². The van der Waals surface area contributed by atoms with E-state index in [1.165, 1.54) is 5.56 Å². The Balaban J connectivity index is 0.00000385. The van der Waals surface area contributed by atoms with E-state index in [-0.39, 0.29) is 24.0 Å². The fourth-order valence-corrected chi connectivity index (χ4v) is 3.53. The van der Waals surface area contributed by atoms with Crippen LogP contribution in [-0.2, 0) is 12.8 Å². The lowest BCUT2D eigenvalue weighted by molar-refractivity contribution is 0.590. The van der Waals surface area contributed by atoms with Crippen LogP contribution in [0.5, 0.6) is 0 Å². The molecule has 3 aromatic rings. The van der Waals surface area contributed by atoms with Crippen LogP contribution in [0, 0.1) is 11.3 Å². The molecular formula is C25H32IN7. The second kappa shape index (κ2) is 13.5. The highest BCUT2D eigenvalue weighted by Crippen LogP contribution is 2.21. The second-order valence-electron chi connectivity index (χ2n) is 7.74. The van der Waals surface area contributed by atoms with Gasteiger partial charge in [0, 0.05) is 19.6 Å². The zero-order valence-corrected chi connectivity index (χ0v) is 21.5. The molecule has 0 spiro atoms. The highest BCUT2D eigenvalue weighted by molar-refractivity contribution is 14.0. The molecule has 0 aliphatic heterocycles. The van der Waals surface area contributed by atoms with Crippen LogP contribution >= 0.6 is 24.0 Å². The number of para-hydroxylation sites is 1. The van der Waals surface area contributed by atoms with Gasteiger partial charge in [-0.05, 0) is 50.3 Å². The first kappa shape index (κ1) is 26.2. The summed E-state index contributed by atoms with van der Waals surface area (Å²) in [6, 6.07) is 22.6. The van der Waals surface area contributed by atoms with E-state index < -0.39 is 0 Å². The topological polar surface area (TPSA) is 104 Å². The lowest BCUT2D eigenvalue weighted by Crippen LogP contribution is -2.42. The summed E-state index contributed by atoms with van der Waals surface area (Å²) in [4.78, 5) is 4.32. The van der Waals surface area contributed by atoms with Gasteiger partial charge in [0.1, 0.15) is 17.5 Å². The van der Waals surface area contributed by atoms with Crippen LogP contribution in [0.1, 0.15) is 36.6 Å². The predicted octanol–water partition coefficient (Wildman–Crippen LogP) is 4.06. The minimum absolute atomic E-state index is 0. The van der Waals surface area contributed by atoms with Crippen molar-refractivity contribution in [1.82, 2.24) is 20.4 Å². The van der Waals surface area contributed by atoms with Crippen LogP contribution < -0.4 is 16.4 Å². The number of aromatic nitrogens is 2. The van der Waals surface area contributed by atoms with Crippen molar-refractivity contribution in [3.05, 3.63) is 77.5 Å². The van der Waals surface area contributed by atoms with Gasteiger partial charge in [-0.25, -0.2) is 4.68 Å². The Morgan fingerprint density at radius 1 is 1.12 bits per heavy atom. The molecule has 174 valence electrons. The number of aliphatic imine (C=N–C) groups is 1. The summed E-state index contributed by atoms with van der Waals surface area (Å²) in [6.45, 7) is 2.88. The molecule has 4 N–H and O–H groups in total. The molecule has 33 heavy (non-hydrogen) atoms. The first-order valence-electron chi connectivity index (χ1n) is 11.0. The van der Waals surface area contributed by atoms with Gasteiger partial charge in [0.05, 0.1) is 11.4 Å². The molecule has 1 aromatic heterocycles. The number of nitriles is 1. The molecule has 0 bridgehead atoms. The maximum absolute atomic E-state index is 9.55. The van der Waals surface area contributed by atoms with Gasteiger partial charge in [-0.15, -0.1) is 24.0 Å². The molecule has 0 aliphatic carbocycles. The Kier molecular flexibility index (Phi) is 10.7. The molecule has 7 nitrogen and oxygen atoms in total. The molecule has 1 atom stereocenters. The van der Waals surface area contributed by atoms with Gasteiger partial charge in [-0.3, -0.25) is 4.99 Å². The van der Waals surface area contributed by atoms with Gasteiger partial charge >= 0.3 is 0 Å². The standard InChI is InChI=1S/C25H31N7.HI/c1-19(15-16-20-10-5-3-6-11-20)30-25(28-2)29-17-9-14-23-22(18-26)24(27)32(31-23)21-12-7-4-8-13-21;/h3-8,10-13,19H,9,14-17,27H2,1-2H3,(H2,28,29,30);1H. The number of nitrogen functional groups attached to an aromatic ring is 1. The Labute approximate surface area is 213 Å². The number of hydrogen-bond donors (Lipinski definition) is 3. The van der Waals surface area contributed by atoms with E-state index in [0.717, 1.165) is 36.6 Å². The number of aryl methyl sites for hydroxylation is 2. The predicted molar refractivity (Wildman–Crippen MR) is 145 cm³/mol. The molecule has 2 aromatic carbocycles. The van der Waals surface area contributed by atoms with Crippen LogP contribution in [-0.4, -0.2) is 35.4 Å². The van der Waals surface area contributed by atoms with Crippen molar-refractivity contribution in [2.75, 3.05) is 19.3 Å². The highest BCUT2D eigenvalue weighted by atomic mass is 127. The molecule has 0 aliphatic rings. The molecule has 8 heteroatoms. The number of guanidine groups is 1. The molecule has 3 rings (SSSR count). The van der Waals surface area contributed by atoms with E-state index >= 15 is 0 Å². The number of nitrogens with zero attached hydrogens (tertiary/aromatic N) is 4. The average molecular weight is 557 g/mol. The molecule has 1 heterocycles. The van der Waals surface area contributed by atoms with Gasteiger partial charge in [0.25, 0.3) is 0 Å². The summed E-state index contributed by atoms with van der Waals surface area (Å²) in [5, 5.41) is 20.9. The Hall–Kier alpha value is -3.06. The summed E-state index contributed by atoms with van der Waals surface area (Å²) < 4.78 is 1.64. The third kappa shape index (κ3) is 7.49. The summed E-state index contributed by atoms with van der Waals surface area (Å²) in [7, 11) is 1.77. The number of anilines is 1. The van der Waals surface area contributed by atoms with E-state index in [0.29, 0.717) is 30.4 Å². The van der Waals surface area contributed by atoms with Gasteiger partial charge in [0.15, 0.2) is 5.96 Å². The lowest BCUT2D eigenvalue weighted by atomic mass is 10.1. The first-order chi connectivity index (χ1) is 15.6. The fourth-order valence-electron chi connectivity index (χ4n) is 3.53. The Bertz CT molecular complexity index is 1060. The minimum Gasteiger partial charge on any atom is -0.382 e. The molecule has 1 unspecified atom stereocenters. The van der Waals surface area contributed by atoms with Gasteiger partial charge in [-0.1, -0.05) is 48.5 Å². The number of nitrogens with two attached hydrogens (primary N) is 1. The zero-order chi connectivity index (χ0) is 22.8. The summed E-state index contributed by atoms with van der Waals surface area (Å²) in [5.74, 6) is 1.16. The maximum Gasteiger partial charge on any atom is 0.191 e. The summed E-state index contributed by atoms with van der Waals surface area (Å²) in [6.07, 6.45) is 3.50. The van der Waals surface area contributed by atoms with Gasteiger partial charge in [0.2, 0.25) is 0 Å². The SMILES string of the molecule is CN=C(NCCCc1nn(-c2ccccc2)c(N)c1C#N)NC(C)CCc1ccccc1.I. The summed E-state index contributed by atoms with van der Waals surface area (Å²) in [5.41, 5.74) is 9.53. The van der Waals surface area contributed by atoms with Crippen molar-refractivity contribution >= 4 is 35.8 Å². The highest BCUT2D eigenvalue weighted by Gasteiger charge is 2.16. The smallest absolute Gasteiger partial charge is 0.191 e. The molecule has 0 radical (unpaired) electrons. The Morgan fingerprint density at radius 2 is 1.79 bits per heavy atom. The maximum atomic E-state index is 9.55. The molecule has 0 saturated carbocycles. The van der Waals surface area contributed by atoms with Crippen molar-refractivity contribution in [1.29, 1.82) is 5.26 Å². The van der Waals surface area contributed by atoms with Crippen LogP contribution in [0.2, 0.25) is 0 Å². The van der Waals surface area contributed by atoms with Crippen molar-refractivity contribution < 1.29 is 0 Å². The first-order valence-corrected chi connectivity index (χ1v) is 11.0. The average Bonchev–Trinajstić information content (AvgIpc) is 3.15. The lowest BCUT2D eigenvalue weighted by Gasteiger charge is -2.18. The normalized spacial score (nSPS) is 11.8. The quantitative estimate of drug-likeness (QED) is 0.159. The summed E-state index contributed by atoms with van der Waals surface area (Å²) >= 11 is 0.